The van der Waals surface area contributed by atoms with Gasteiger partial charge in [-0.3, -0.25) is 9.63 Å². The fraction of sp³-hybridized carbons (Fsp3) is 0.571. The van der Waals surface area contributed by atoms with Crippen LogP contribution in [-0.4, -0.2) is 18.1 Å². The van der Waals surface area contributed by atoms with Crippen LogP contribution < -0.4 is 0 Å². The van der Waals surface area contributed by atoms with Gasteiger partial charge in [-0.1, -0.05) is 6.08 Å². The summed E-state index contributed by atoms with van der Waals surface area (Å²) in [6.07, 6.45) is 3.28. The maximum Gasteiger partial charge on any atom is 0.250 e. The largest absolute Gasteiger partial charge is 0.272 e. The molecule has 1 amide bonds. The lowest BCUT2D eigenvalue weighted by Crippen LogP contribution is -2.21. The Balaban J connectivity index is 2.72. The lowest BCUT2D eigenvalue weighted by molar-refractivity contribution is -0.159. The molecule has 1 aliphatic heterocycles. The van der Waals surface area contributed by atoms with Crippen molar-refractivity contribution < 1.29 is 9.63 Å². The van der Waals surface area contributed by atoms with Gasteiger partial charge in [0.05, 0.1) is 7.11 Å². The van der Waals surface area contributed by atoms with Gasteiger partial charge in [-0.15, -0.1) is 0 Å². The van der Waals surface area contributed by atoms with Gasteiger partial charge in [0.1, 0.15) is 0 Å². The average Bonchev–Trinajstić information content (AvgIpc) is 2.30. The highest BCUT2D eigenvalue weighted by Gasteiger charge is 2.24. The summed E-state index contributed by atoms with van der Waals surface area (Å²) in [4.78, 5) is 15.8. The first-order valence-electron chi connectivity index (χ1n) is 3.32. The molecule has 1 rings (SSSR count). The molecule has 10 heavy (non-hydrogen) atoms. The molecule has 0 atom stereocenters. The molecule has 0 bridgehead atoms. The summed E-state index contributed by atoms with van der Waals surface area (Å²) in [5.74, 6) is 0.0515. The molecular weight excluding hydrogens is 130 g/mol. The normalized spacial score (nSPS) is 22.8. The second-order valence-electron chi connectivity index (χ2n) is 2.15. The van der Waals surface area contributed by atoms with Crippen LogP contribution in [0.2, 0.25) is 0 Å². The molecule has 0 spiro atoms. The molecule has 0 saturated carbocycles. The second-order valence-corrected chi connectivity index (χ2v) is 2.15. The number of nitrogens with zero attached hydrogens (tertiary/aromatic N) is 1. The summed E-state index contributed by atoms with van der Waals surface area (Å²) in [5, 5.41) is 1.35. The highest BCUT2D eigenvalue weighted by Crippen LogP contribution is 2.21. The Labute approximate surface area is 60.2 Å². The Morgan fingerprint density at radius 1 is 1.60 bits per heavy atom. The molecule has 56 valence electrons. The minimum atomic E-state index is 0.0515. The van der Waals surface area contributed by atoms with E-state index in [0.29, 0.717) is 6.42 Å². The number of carbonyl (C=O) groups excluding carboxylic acids is 1. The van der Waals surface area contributed by atoms with E-state index in [2.05, 4.69) is 0 Å². The van der Waals surface area contributed by atoms with Crippen LogP contribution >= 0.6 is 0 Å². The van der Waals surface area contributed by atoms with Crippen molar-refractivity contribution in [2.24, 2.45) is 0 Å². The van der Waals surface area contributed by atoms with Crippen molar-refractivity contribution in [3.63, 3.8) is 0 Å². The summed E-state index contributed by atoms with van der Waals surface area (Å²) in [5.41, 5.74) is 0.965. The molecule has 0 radical (unpaired) electrons. The summed E-state index contributed by atoms with van der Waals surface area (Å²) < 4.78 is 0. The predicted octanol–water partition coefficient (Wildman–Crippen LogP) is 1.07. The monoisotopic (exact) mass is 141 g/mol. The van der Waals surface area contributed by atoms with Crippen LogP contribution in [0.3, 0.4) is 0 Å². The molecule has 0 aromatic heterocycles. The maximum atomic E-state index is 10.9. The molecule has 0 N–H and O–H groups in total. The van der Waals surface area contributed by atoms with E-state index >= 15 is 0 Å². The van der Waals surface area contributed by atoms with Crippen molar-refractivity contribution in [1.82, 2.24) is 5.06 Å². The highest BCUT2D eigenvalue weighted by molar-refractivity contribution is 5.79. The van der Waals surface area contributed by atoms with E-state index in [4.69, 9.17) is 4.84 Å². The minimum Gasteiger partial charge on any atom is -0.272 e. The smallest absolute Gasteiger partial charge is 0.250 e. The molecule has 3 heteroatoms. The van der Waals surface area contributed by atoms with Crippen molar-refractivity contribution in [2.45, 2.75) is 19.8 Å². The van der Waals surface area contributed by atoms with Crippen molar-refractivity contribution in [3.05, 3.63) is 11.8 Å². The number of allylic oxidation sites excluding steroid dienone is 2. The topological polar surface area (TPSA) is 29.5 Å². The Morgan fingerprint density at radius 2 is 2.30 bits per heavy atom. The zero-order chi connectivity index (χ0) is 7.56. The molecule has 0 aliphatic carbocycles. The predicted molar refractivity (Wildman–Crippen MR) is 36.8 cm³/mol. The maximum absolute atomic E-state index is 10.9. The third-order valence-corrected chi connectivity index (χ3v) is 1.60. The van der Waals surface area contributed by atoms with Gasteiger partial charge in [0.15, 0.2) is 0 Å². The number of hydroxylamine groups is 2. The standard InChI is InChI=1S/C7H11NO2/c1-3-6-4-5-7(9)8(6)10-2/h3H,4-5H2,1-2H3. The van der Waals surface area contributed by atoms with Crippen molar-refractivity contribution in [3.8, 4) is 0 Å². The lowest BCUT2D eigenvalue weighted by Gasteiger charge is -2.12. The van der Waals surface area contributed by atoms with E-state index in [1.807, 2.05) is 13.0 Å². The Kier molecular flexibility index (Phi) is 2.06. The van der Waals surface area contributed by atoms with Gasteiger partial charge in [-0.2, -0.15) is 5.06 Å². The first-order chi connectivity index (χ1) is 4.79. The minimum absolute atomic E-state index is 0.0515. The molecule has 0 aromatic carbocycles. The average molecular weight is 141 g/mol. The van der Waals surface area contributed by atoms with E-state index in [9.17, 15) is 4.79 Å². The number of hydrogen-bond donors (Lipinski definition) is 0. The third kappa shape index (κ3) is 1.04. The molecule has 0 unspecified atom stereocenters. The van der Waals surface area contributed by atoms with E-state index in [0.717, 1.165) is 12.1 Å². The Bertz CT molecular complexity index is 174. The van der Waals surface area contributed by atoms with Crippen LogP contribution in [0, 0.1) is 0 Å². The van der Waals surface area contributed by atoms with E-state index in [1.54, 1.807) is 0 Å². The van der Waals surface area contributed by atoms with Gasteiger partial charge in [0.2, 0.25) is 0 Å². The second kappa shape index (κ2) is 2.84. The SMILES string of the molecule is CC=C1CCC(=O)N1OC. The van der Waals surface area contributed by atoms with Gasteiger partial charge < -0.3 is 0 Å². The zero-order valence-electron chi connectivity index (χ0n) is 6.26. The summed E-state index contributed by atoms with van der Waals surface area (Å²) in [7, 11) is 1.51. The molecule has 1 saturated heterocycles. The fourth-order valence-corrected chi connectivity index (χ4v) is 1.08. The number of carbonyl (C=O) groups is 1. The van der Waals surface area contributed by atoms with Crippen LogP contribution in [-0.2, 0) is 9.63 Å². The molecule has 1 aliphatic rings. The van der Waals surface area contributed by atoms with E-state index in [-0.39, 0.29) is 5.91 Å². The van der Waals surface area contributed by atoms with Crippen LogP contribution in [0.4, 0.5) is 0 Å². The van der Waals surface area contributed by atoms with E-state index < -0.39 is 0 Å². The van der Waals surface area contributed by atoms with Gasteiger partial charge in [-0.05, 0) is 13.3 Å². The third-order valence-electron chi connectivity index (χ3n) is 1.60. The molecule has 3 nitrogen and oxygen atoms in total. The van der Waals surface area contributed by atoms with Gasteiger partial charge in [0.25, 0.3) is 5.91 Å². The van der Waals surface area contributed by atoms with Crippen LogP contribution in [0.25, 0.3) is 0 Å². The Morgan fingerprint density at radius 3 is 2.70 bits per heavy atom. The summed E-state index contributed by atoms with van der Waals surface area (Å²) in [6, 6.07) is 0. The molecular formula is C7H11NO2. The van der Waals surface area contributed by atoms with Gasteiger partial charge in [-0.25, -0.2) is 0 Å². The fourth-order valence-electron chi connectivity index (χ4n) is 1.08. The summed E-state index contributed by atoms with van der Waals surface area (Å²) >= 11 is 0. The van der Waals surface area contributed by atoms with Gasteiger partial charge >= 0.3 is 0 Å². The van der Waals surface area contributed by atoms with Crippen LogP contribution in [0.1, 0.15) is 19.8 Å². The summed E-state index contributed by atoms with van der Waals surface area (Å²) in [6.45, 7) is 1.90. The molecule has 0 aromatic rings. The molecule has 1 heterocycles. The Hall–Kier alpha value is -0.830. The lowest BCUT2D eigenvalue weighted by atomic mass is 10.3. The quantitative estimate of drug-likeness (QED) is 0.546. The van der Waals surface area contributed by atoms with Crippen molar-refractivity contribution >= 4 is 5.91 Å². The zero-order valence-corrected chi connectivity index (χ0v) is 6.26. The van der Waals surface area contributed by atoms with Crippen molar-refractivity contribution in [2.75, 3.05) is 7.11 Å². The van der Waals surface area contributed by atoms with E-state index in [1.165, 1.54) is 12.2 Å². The molecule has 1 fully saturated rings. The van der Waals surface area contributed by atoms with Crippen molar-refractivity contribution in [1.29, 1.82) is 0 Å². The van der Waals surface area contributed by atoms with Crippen LogP contribution in [0.15, 0.2) is 11.8 Å². The first kappa shape index (κ1) is 7.28. The highest BCUT2D eigenvalue weighted by atomic mass is 16.7. The van der Waals surface area contributed by atoms with Gasteiger partial charge in [0, 0.05) is 12.1 Å². The first-order valence-corrected chi connectivity index (χ1v) is 3.32. The number of amides is 1. The number of hydrogen-bond acceptors (Lipinski definition) is 2. The number of rotatable bonds is 1. The van der Waals surface area contributed by atoms with Crippen LogP contribution in [0.5, 0.6) is 0 Å².